The van der Waals surface area contributed by atoms with Gasteiger partial charge >= 0.3 is 6.09 Å². The lowest BCUT2D eigenvalue weighted by atomic mass is 10.1. The predicted octanol–water partition coefficient (Wildman–Crippen LogP) is 3.88. The van der Waals surface area contributed by atoms with Crippen molar-refractivity contribution in [2.45, 2.75) is 25.0 Å². The first-order valence-corrected chi connectivity index (χ1v) is 17.2. The van der Waals surface area contributed by atoms with Crippen LogP contribution >= 0.6 is 0 Å². The lowest BCUT2D eigenvalue weighted by Crippen LogP contribution is -2.49. The minimum atomic E-state index is -3.30. The molecule has 1 saturated heterocycles. The molecule has 2 amide bonds. The van der Waals surface area contributed by atoms with E-state index in [9.17, 15) is 22.8 Å². The molecule has 48 heavy (non-hydrogen) atoms. The van der Waals surface area contributed by atoms with Gasteiger partial charge in [-0.1, -0.05) is 42.5 Å². The number of amides is 2. The molecule has 0 saturated carbocycles. The first-order valence-electron chi connectivity index (χ1n) is 15.4. The number of sulfone groups is 1. The molecular weight excluding hydrogens is 632 g/mol. The second kappa shape index (κ2) is 13.7. The summed E-state index contributed by atoms with van der Waals surface area (Å²) < 4.78 is 30.4. The molecule has 0 unspecified atom stereocenters. The normalized spacial score (nSPS) is 13.4. The molecule has 0 bridgehead atoms. The van der Waals surface area contributed by atoms with E-state index in [0.717, 1.165) is 17.4 Å². The third kappa shape index (κ3) is 7.20. The number of pyridine rings is 1. The molecule has 0 spiro atoms. The van der Waals surface area contributed by atoms with E-state index in [0.29, 0.717) is 60.1 Å². The van der Waals surface area contributed by atoms with Crippen molar-refractivity contribution in [3.05, 3.63) is 124 Å². The molecule has 1 N–H and O–H groups in total. The topological polar surface area (TPSA) is 144 Å². The maximum absolute atomic E-state index is 13.2. The van der Waals surface area contributed by atoms with E-state index in [1.807, 2.05) is 42.2 Å². The van der Waals surface area contributed by atoms with Gasteiger partial charge in [0.15, 0.2) is 15.5 Å². The van der Waals surface area contributed by atoms with Crippen LogP contribution in [0.1, 0.15) is 27.2 Å². The van der Waals surface area contributed by atoms with Crippen LogP contribution in [0.4, 0.5) is 10.7 Å². The van der Waals surface area contributed by atoms with E-state index in [1.165, 1.54) is 22.8 Å². The number of aromatic nitrogens is 3. The highest BCUT2D eigenvalue weighted by Gasteiger charge is 2.25. The second-order valence-electron chi connectivity index (χ2n) is 11.5. The molecule has 1 fully saturated rings. The smallest absolute Gasteiger partial charge is 0.410 e. The Morgan fingerprint density at radius 1 is 0.833 bits per heavy atom. The van der Waals surface area contributed by atoms with Crippen molar-refractivity contribution in [2.24, 2.45) is 0 Å². The SMILES string of the molecule is Cc1nc(N2CCN(C(=O)OCc3ccccc3)CC2)nc2c1ccc(=O)n2-c1ccc(C(=O)NCc2ccc(S(C)(=O)=O)cc2)cc1. The summed E-state index contributed by atoms with van der Waals surface area (Å²) in [4.78, 5) is 52.1. The van der Waals surface area contributed by atoms with Gasteiger partial charge in [-0.05, 0) is 60.5 Å². The van der Waals surface area contributed by atoms with E-state index in [2.05, 4.69) is 5.32 Å². The third-order valence-electron chi connectivity index (χ3n) is 8.15. The summed E-state index contributed by atoms with van der Waals surface area (Å²) in [6.07, 6.45) is 0.771. The molecule has 0 radical (unpaired) electrons. The monoisotopic (exact) mass is 666 g/mol. The van der Waals surface area contributed by atoms with Gasteiger partial charge in [-0.25, -0.2) is 18.2 Å². The molecule has 0 aliphatic carbocycles. The average Bonchev–Trinajstić information content (AvgIpc) is 3.10. The van der Waals surface area contributed by atoms with Gasteiger partial charge in [-0.3, -0.25) is 14.2 Å². The lowest BCUT2D eigenvalue weighted by Gasteiger charge is -2.34. The van der Waals surface area contributed by atoms with Crippen molar-refractivity contribution in [1.82, 2.24) is 24.8 Å². The molecule has 246 valence electrons. The molecule has 1 aliphatic heterocycles. The van der Waals surface area contributed by atoms with Crippen LogP contribution in [0.2, 0.25) is 0 Å². The molecule has 2 aromatic heterocycles. The highest BCUT2D eigenvalue weighted by Crippen LogP contribution is 2.22. The number of nitrogens with one attached hydrogen (secondary N) is 1. The summed E-state index contributed by atoms with van der Waals surface area (Å²) in [5, 5.41) is 3.55. The number of benzene rings is 3. The van der Waals surface area contributed by atoms with Crippen molar-refractivity contribution in [3.8, 4) is 5.69 Å². The first kappa shape index (κ1) is 32.4. The van der Waals surface area contributed by atoms with Gasteiger partial charge in [0.05, 0.1) is 16.3 Å². The summed E-state index contributed by atoms with van der Waals surface area (Å²) in [6.45, 7) is 4.15. The van der Waals surface area contributed by atoms with Crippen LogP contribution in [0.15, 0.2) is 101 Å². The van der Waals surface area contributed by atoms with Gasteiger partial charge in [0.1, 0.15) is 6.61 Å². The number of piperazine rings is 1. The fourth-order valence-corrected chi connectivity index (χ4v) is 6.07. The first-order chi connectivity index (χ1) is 23.1. The Morgan fingerprint density at radius 2 is 1.52 bits per heavy atom. The highest BCUT2D eigenvalue weighted by atomic mass is 32.2. The molecule has 3 heterocycles. The largest absolute Gasteiger partial charge is 0.445 e. The molecule has 1 aliphatic rings. The van der Waals surface area contributed by atoms with Crippen molar-refractivity contribution in [3.63, 3.8) is 0 Å². The van der Waals surface area contributed by atoms with E-state index in [1.54, 1.807) is 47.4 Å². The number of hydrogen-bond donors (Lipinski definition) is 1. The molecule has 12 nitrogen and oxygen atoms in total. The quantitative estimate of drug-likeness (QED) is 0.261. The number of carbonyl (C=O) groups excluding carboxylic acids is 2. The zero-order valence-electron chi connectivity index (χ0n) is 26.5. The number of aryl methyl sites for hydroxylation is 1. The Hall–Kier alpha value is -5.56. The Kier molecular flexibility index (Phi) is 9.21. The second-order valence-corrected chi connectivity index (χ2v) is 13.5. The molecular formula is C35H34N6O6S. The minimum Gasteiger partial charge on any atom is -0.445 e. The van der Waals surface area contributed by atoms with Crippen LogP contribution in [0.5, 0.6) is 0 Å². The Balaban J connectivity index is 1.15. The fraction of sp³-hybridized carbons (Fsp3) is 0.229. The third-order valence-corrected chi connectivity index (χ3v) is 9.28. The Bertz CT molecular complexity index is 2130. The van der Waals surface area contributed by atoms with Gasteiger partial charge < -0.3 is 19.9 Å². The Labute approximate surface area is 277 Å². The van der Waals surface area contributed by atoms with Crippen molar-refractivity contribution in [1.29, 1.82) is 0 Å². The zero-order chi connectivity index (χ0) is 33.8. The van der Waals surface area contributed by atoms with E-state index in [4.69, 9.17) is 14.7 Å². The van der Waals surface area contributed by atoms with Gasteiger partial charge in [-0.2, -0.15) is 4.98 Å². The number of nitrogens with zero attached hydrogens (tertiary/aromatic N) is 5. The predicted molar refractivity (Wildman–Crippen MR) is 181 cm³/mol. The maximum atomic E-state index is 13.2. The lowest BCUT2D eigenvalue weighted by molar-refractivity contribution is 0.0937. The molecule has 5 aromatic rings. The Morgan fingerprint density at radius 3 is 2.19 bits per heavy atom. The van der Waals surface area contributed by atoms with Gasteiger partial charge in [0.25, 0.3) is 11.5 Å². The zero-order valence-corrected chi connectivity index (χ0v) is 27.3. The van der Waals surface area contributed by atoms with Crippen LogP contribution in [-0.4, -0.2) is 72.3 Å². The number of hydrogen-bond acceptors (Lipinski definition) is 9. The van der Waals surface area contributed by atoms with Crippen molar-refractivity contribution >= 4 is 38.8 Å². The number of ether oxygens (including phenoxy) is 1. The summed E-state index contributed by atoms with van der Waals surface area (Å²) in [7, 11) is -3.30. The summed E-state index contributed by atoms with van der Waals surface area (Å²) in [6, 6.07) is 25.7. The van der Waals surface area contributed by atoms with Crippen LogP contribution in [0.25, 0.3) is 16.7 Å². The van der Waals surface area contributed by atoms with Crippen molar-refractivity contribution in [2.75, 3.05) is 37.3 Å². The number of anilines is 1. The van der Waals surface area contributed by atoms with Crippen LogP contribution in [0.3, 0.4) is 0 Å². The number of fused-ring (bicyclic) bond motifs is 1. The van der Waals surface area contributed by atoms with Crippen molar-refractivity contribution < 1.29 is 22.7 Å². The molecule has 6 rings (SSSR count). The summed E-state index contributed by atoms with van der Waals surface area (Å²) in [5.74, 6) is 0.139. The van der Waals surface area contributed by atoms with E-state index >= 15 is 0 Å². The van der Waals surface area contributed by atoms with E-state index < -0.39 is 9.84 Å². The summed E-state index contributed by atoms with van der Waals surface area (Å²) in [5.41, 5.74) is 3.46. The minimum absolute atomic E-state index is 0.208. The standard InChI is InChI=1S/C35H34N6O6S/c1-24-30-16-17-31(42)41(28-12-10-27(11-13-28)33(43)36-22-25-8-14-29(15-9-25)48(2,45)46)32(30)38-34(37-24)39-18-20-40(21-19-39)35(44)47-23-26-6-4-3-5-7-26/h3-17H,18-23H2,1-2H3,(H,36,43). The van der Waals surface area contributed by atoms with E-state index in [-0.39, 0.29) is 35.6 Å². The van der Waals surface area contributed by atoms with Gasteiger partial charge in [-0.15, -0.1) is 0 Å². The average molecular weight is 667 g/mol. The fourth-order valence-electron chi connectivity index (χ4n) is 5.44. The molecule has 0 atom stereocenters. The number of carbonyl (C=O) groups is 2. The molecule has 13 heteroatoms. The maximum Gasteiger partial charge on any atom is 0.410 e. The summed E-state index contributed by atoms with van der Waals surface area (Å²) >= 11 is 0. The van der Waals surface area contributed by atoms with Crippen LogP contribution in [-0.2, 0) is 27.7 Å². The highest BCUT2D eigenvalue weighted by molar-refractivity contribution is 7.90. The van der Waals surface area contributed by atoms with Gasteiger partial charge in [0, 0.05) is 56.0 Å². The van der Waals surface area contributed by atoms with Crippen LogP contribution < -0.4 is 15.8 Å². The van der Waals surface area contributed by atoms with Crippen LogP contribution in [0, 0.1) is 6.92 Å². The number of rotatable bonds is 8. The molecule has 3 aromatic carbocycles. The van der Waals surface area contributed by atoms with Gasteiger partial charge in [0.2, 0.25) is 5.95 Å².